The normalized spacial score (nSPS) is 19.1. The molecule has 2 atom stereocenters. The predicted molar refractivity (Wildman–Crippen MR) is 136 cm³/mol. The van der Waals surface area contributed by atoms with E-state index >= 15 is 0 Å². The van der Waals surface area contributed by atoms with Gasteiger partial charge in [0.15, 0.2) is 0 Å². The number of rotatable bonds is 2. The number of fused-ring (bicyclic) bond motifs is 3. The zero-order valence-electron chi connectivity index (χ0n) is 18.9. The average molecular weight is 466 g/mol. The van der Waals surface area contributed by atoms with Crippen molar-refractivity contribution in [1.29, 1.82) is 0 Å². The lowest BCUT2D eigenvalue weighted by Gasteiger charge is -2.30. The Morgan fingerprint density at radius 1 is 0.882 bits per heavy atom. The summed E-state index contributed by atoms with van der Waals surface area (Å²) >= 11 is 0. The molecule has 0 radical (unpaired) electrons. The lowest BCUT2D eigenvalue weighted by molar-refractivity contribution is -0.130. The van der Waals surface area contributed by atoms with Crippen LogP contribution in [0.1, 0.15) is 30.5 Å². The molecule has 1 amide bonds. The highest BCUT2D eigenvalue weighted by molar-refractivity contribution is 7.85. The number of carbonyl (C=O) groups is 1. The van der Waals surface area contributed by atoms with Crippen LogP contribution in [-0.2, 0) is 15.6 Å². The van der Waals surface area contributed by atoms with Gasteiger partial charge in [0.05, 0.1) is 43.7 Å². The van der Waals surface area contributed by atoms with Crippen molar-refractivity contribution in [1.82, 2.24) is 5.01 Å². The van der Waals surface area contributed by atoms with E-state index in [9.17, 15) is 9.00 Å². The van der Waals surface area contributed by atoms with Gasteiger partial charge in [-0.2, -0.15) is 5.10 Å². The molecule has 4 aromatic carbocycles. The zero-order chi connectivity index (χ0) is 23.4. The minimum atomic E-state index is -1.29. The number of nitrogens with zero attached hydrogens (tertiary/aromatic N) is 3. The molecule has 2 aliphatic rings. The summed E-state index contributed by atoms with van der Waals surface area (Å²) in [5, 5.41) is 8.60. The third kappa shape index (κ3) is 3.25. The van der Waals surface area contributed by atoms with Crippen molar-refractivity contribution in [3.8, 4) is 0 Å². The maximum atomic E-state index is 13.4. The Labute approximate surface area is 200 Å². The Morgan fingerprint density at radius 2 is 1.62 bits per heavy atom. The molecule has 6 heteroatoms. The van der Waals surface area contributed by atoms with E-state index in [4.69, 9.17) is 5.10 Å². The van der Waals surface area contributed by atoms with Gasteiger partial charge in [-0.1, -0.05) is 54.6 Å². The molecule has 168 valence electrons. The predicted octanol–water partition coefficient (Wildman–Crippen LogP) is 5.79. The fourth-order valence-corrected chi connectivity index (χ4v) is 6.38. The summed E-state index contributed by atoms with van der Waals surface area (Å²) in [6.45, 7) is 1.54. The molecule has 0 saturated carbocycles. The van der Waals surface area contributed by atoms with Gasteiger partial charge in [0.2, 0.25) is 5.91 Å². The maximum Gasteiger partial charge on any atom is 0.240 e. The van der Waals surface area contributed by atoms with E-state index in [1.54, 1.807) is 11.9 Å². The third-order valence-electron chi connectivity index (χ3n) is 6.67. The van der Waals surface area contributed by atoms with Crippen LogP contribution in [0, 0.1) is 0 Å². The molecule has 4 aromatic rings. The van der Waals surface area contributed by atoms with E-state index in [0.717, 1.165) is 43.4 Å². The SMILES string of the molecule is CC(=O)N1N=C(c2ccc3ccccc3c2)CC1c1ccc2c(c1)S(=O)c1ccccc1N2C. The fraction of sp³-hybridized carbons (Fsp3) is 0.143. The van der Waals surface area contributed by atoms with Crippen molar-refractivity contribution < 1.29 is 9.00 Å². The molecule has 0 saturated heterocycles. The van der Waals surface area contributed by atoms with Gasteiger partial charge in [0, 0.05) is 20.4 Å². The second kappa shape index (κ2) is 7.92. The summed E-state index contributed by atoms with van der Waals surface area (Å²) < 4.78 is 13.4. The van der Waals surface area contributed by atoms with Gasteiger partial charge in [-0.15, -0.1) is 0 Å². The number of hydrogen-bond donors (Lipinski definition) is 0. The highest BCUT2D eigenvalue weighted by Crippen LogP contribution is 2.43. The van der Waals surface area contributed by atoms with Crippen LogP contribution in [0.15, 0.2) is 99.8 Å². The first kappa shape index (κ1) is 20.8. The van der Waals surface area contributed by atoms with E-state index in [-0.39, 0.29) is 11.9 Å². The zero-order valence-corrected chi connectivity index (χ0v) is 19.8. The Kier molecular flexibility index (Phi) is 4.85. The molecule has 0 bridgehead atoms. The summed E-state index contributed by atoms with van der Waals surface area (Å²) in [6, 6.07) is 28.1. The number of hydrazone groups is 1. The van der Waals surface area contributed by atoms with Crippen LogP contribution < -0.4 is 4.90 Å². The number of benzene rings is 4. The van der Waals surface area contributed by atoms with Gasteiger partial charge >= 0.3 is 0 Å². The fourth-order valence-electron chi connectivity index (χ4n) is 4.91. The Balaban J connectivity index is 1.38. The average Bonchev–Trinajstić information content (AvgIpc) is 3.33. The molecule has 34 heavy (non-hydrogen) atoms. The van der Waals surface area contributed by atoms with E-state index in [1.807, 2.05) is 61.6 Å². The lowest BCUT2D eigenvalue weighted by atomic mass is 9.96. The van der Waals surface area contributed by atoms with E-state index in [2.05, 4.69) is 35.2 Å². The van der Waals surface area contributed by atoms with Crippen LogP contribution >= 0.6 is 0 Å². The lowest BCUT2D eigenvalue weighted by Crippen LogP contribution is -2.25. The number of para-hydroxylation sites is 1. The second-order valence-corrected chi connectivity index (χ2v) is 10.1. The highest BCUT2D eigenvalue weighted by atomic mass is 32.2. The first-order valence-electron chi connectivity index (χ1n) is 11.3. The Morgan fingerprint density at radius 3 is 2.44 bits per heavy atom. The Bertz CT molecular complexity index is 1530. The smallest absolute Gasteiger partial charge is 0.240 e. The van der Waals surface area contributed by atoms with Gasteiger partial charge in [0.25, 0.3) is 0 Å². The van der Waals surface area contributed by atoms with Gasteiger partial charge in [0.1, 0.15) is 0 Å². The molecule has 5 nitrogen and oxygen atoms in total. The molecule has 0 fully saturated rings. The van der Waals surface area contributed by atoms with E-state index < -0.39 is 10.8 Å². The number of hydrogen-bond acceptors (Lipinski definition) is 4. The summed E-state index contributed by atoms with van der Waals surface area (Å²) in [4.78, 5) is 16.2. The Hall–Kier alpha value is -3.77. The number of anilines is 2. The standard InChI is InChI=1S/C28H23N3O2S/c1-18(32)31-26(17-23(29-31)21-12-11-19-7-3-4-8-20(19)15-21)22-13-14-25-28(16-22)34(33)27-10-6-5-9-24(27)30(25)2/h3-16,26H,17H2,1-2H3. The van der Waals surface area contributed by atoms with E-state index in [0.29, 0.717) is 6.42 Å². The highest BCUT2D eigenvalue weighted by Gasteiger charge is 2.33. The minimum absolute atomic E-state index is 0.109. The van der Waals surface area contributed by atoms with Gasteiger partial charge in [-0.25, -0.2) is 9.22 Å². The monoisotopic (exact) mass is 465 g/mol. The van der Waals surface area contributed by atoms with Crippen LogP contribution in [0.25, 0.3) is 10.8 Å². The molecule has 0 N–H and O–H groups in total. The topological polar surface area (TPSA) is 53.0 Å². The van der Waals surface area contributed by atoms with Crippen LogP contribution in [0.2, 0.25) is 0 Å². The third-order valence-corrected chi connectivity index (χ3v) is 8.14. The summed E-state index contributed by atoms with van der Waals surface area (Å²) in [6.07, 6.45) is 0.607. The van der Waals surface area contributed by atoms with Crippen LogP contribution in [0.5, 0.6) is 0 Å². The molecule has 0 aromatic heterocycles. The molecule has 2 unspecified atom stereocenters. The minimum Gasteiger partial charge on any atom is -0.343 e. The largest absolute Gasteiger partial charge is 0.343 e. The summed E-state index contributed by atoms with van der Waals surface area (Å²) in [5.74, 6) is -0.109. The van der Waals surface area contributed by atoms with E-state index in [1.165, 1.54) is 5.39 Å². The molecular weight excluding hydrogens is 442 g/mol. The van der Waals surface area contributed by atoms with Crippen molar-refractivity contribution in [2.45, 2.75) is 29.2 Å². The van der Waals surface area contributed by atoms with Crippen molar-refractivity contribution >= 4 is 44.6 Å². The molecule has 0 spiro atoms. The van der Waals surface area contributed by atoms with Gasteiger partial charge in [-0.05, 0) is 52.2 Å². The van der Waals surface area contributed by atoms with Crippen molar-refractivity contribution in [3.05, 3.63) is 96.1 Å². The number of carbonyl (C=O) groups excluding carboxylic acids is 1. The molecule has 6 rings (SSSR count). The molecular formula is C28H23N3O2S. The molecule has 2 heterocycles. The molecule has 0 aliphatic carbocycles. The van der Waals surface area contributed by atoms with Gasteiger partial charge in [-0.3, -0.25) is 4.79 Å². The van der Waals surface area contributed by atoms with Crippen molar-refractivity contribution in [2.24, 2.45) is 5.10 Å². The number of amides is 1. The first-order chi connectivity index (χ1) is 16.5. The maximum absolute atomic E-state index is 13.4. The van der Waals surface area contributed by atoms with Crippen LogP contribution in [0.3, 0.4) is 0 Å². The molecule has 2 aliphatic heterocycles. The quantitative estimate of drug-likeness (QED) is 0.377. The van der Waals surface area contributed by atoms with Crippen molar-refractivity contribution in [3.63, 3.8) is 0 Å². The summed E-state index contributed by atoms with van der Waals surface area (Å²) in [7, 11) is 0.706. The second-order valence-electron chi connectivity index (χ2n) is 8.71. The summed E-state index contributed by atoms with van der Waals surface area (Å²) in [5.41, 5.74) is 4.71. The van der Waals surface area contributed by atoms with Crippen molar-refractivity contribution in [2.75, 3.05) is 11.9 Å². The van der Waals surface area contributed by atoms with Gasteiger partial charge < -0.3 is 4.90 Å². The van der Waals surface area contributed by atoms with Crippen LogP contribution in [-0.4, -0.2) is 27.9 Å². The first-order valence-corrected chi connectivity index (χ1v) is 12.4. The van der Waals surface area contributed by atoms with Crippen LogP contribution in [0.4, 0.5) is 11.4 Å².